The molecule has 0 saturated heterocycles. The molecule has 1 aromatic carbocycles. The van der Waals surface area contributed by atoms with E-state index in [9.17, 15) is 9.90 Å². The maximum absolute atomic E-state index is 11.5. The van der Waals surface area contributed by atoms with E-state index in [1.807, 2.05) is 30.3 Å². The number of fused-ring (bicyclic) bond motifs is 3. The van der Waals surface area contributed by atoms with Crippen LogP contribution in [-0.4, -0.2) is 31.1 Å². The van der Waals surface area contributed by atoms with Crippen LogP contribution in [0.15, 0.2) is 36.5 Å². The number of hydrogen-bond donors (Lipinski definition) is 2. The summed E-state index contributed by atoms with van der Waals surface area (Å²) < 4.78 is 1.70. The summed E-state index contributed by atoms with van der Waals surface area (Å²) in [4.78, 5) is 11.5. The molecule has 4 rings (SSSR count). The standard InChI is InChI=1S/C15H12N4O2/c20-15(21)13-10-6-7-12-11(8-16-17-12)14(10)19(18-13)9-4-2-1-3-5-9/h1-5,8H,6-7H2,(H,16,17)(H,20,21). The van der Waals surface area contributed by atoms with Crippen LogP contribution in [0, 0.1) is 0 Å². The summed E-state index contributed by atoms with van der Waals surface area (Å²) in [6.45, 7) is 0. The Morgan fingerprint density at radius 3 is 2.81 bits per heavy atom. The van der Waals surface area contributed by atoms with E-state index in [-0.39, 0.29) is 5.69 Å². The highest BCUT2D eigenvalue weighted by atomic mass is 16.4. The van der Waals surface area contributed by atoms with E-state index in [4.69, 9.17) is 0 Å². The Balaban J connectivity index is 2.04. The first-order valence-electron chi connectivity index (χ1n) is 6.69. The fraction of sp³-hybridized carbons (Fsp3) is 0.133. The quantitative estimate of drug-likeness (QED) is 0.752. The highest BCUT2D eigenvalue weighted by Crippen LogP contribution is 2.35. The van der Waals surface area contributed by atoms with Crippen molar-refractivity contribution in [1.82, 2.24) is 20.0 Å². The molecule has 6 nitrogen and oxygen atoms in total. The molecule has 0 aliphatic heterocycles. The Morgan fingerprint density at radius 2 is 2.05 bits per heavy atom. The molecule has 1 aliphatic rings. The van der Waals surface area contributed by atoms with Crippen LogP contribution in [0.4, 0.5) is 0 Å². The van der Waals surface area contributed by atoms with Gasteiger partial charge in [-0.25, -0.2) is 9.48 Å². The number of rotatable bonds is 2. The van der Waals surface area contributed by atoms with E-state index in [1.54, 1.807) is 10.9 Å². The summed E-state index contributed by atoms with van der Waals surface area (Å²) in [7, 11) is 0. The number of aromatic amines is 1. The van der Waals surface area contributed by atoms with Crippen LogP contribution < -0.4 is 0 Å². The molecule has 0 atom stereocenters. The van der Waals surface area contributed by atoms with Gasteiger partial charge in [-0.1, -0.05) is 18.2 Å². The number of carbonyl (C=O) groups is 1. The first-order valence-corrected chi connectivity index (χ1v) is 6.69. The van der Waals surface area contributed by atoms with E-state index in [0.717, 1.165) is 34.6 Å². The van der Waals surface area contributed by atoms with Gasteiger partial charge in [-0.3, -0.25) is 5.10 Å². The Labute approximate surface area is 120 Å². The van der Waals surface area contributed by atoms with E-state index in [0.29, 0.717) is 6.42 Å². The molecule has 0 spiro atoms. The maximum Gasteiger partial charge on any atom is 0.356 e. The topological polar surface area (TPSA) is 83.8 Å². The number of carboxylic acids is 1. The average Bonchev–Trinajstić information content (AvgIpc) is 3.11. The fourth-order valence-electron chi connectivity index (χ4n) is 2.85. The zero-order chi connectivity index (χ0) is 14.4. The molecular formula is C15H12N4O2. The molecule has 6 heteroatoms. The molecule has 3 aromatic rings. The normalized spacial score (nSPS) is 12.8. The van der Waals surface area contributed by atoms with Gasteiger partial charge in [0.25, 0.3) is 0 Å². The number of H-pyrrole nitrogens is 1. The van der Waals surface area contributed by atoms with Crippen molar-refractivity contribution in [3.05, 3.63) is 53.5 Å². The summed E-state index contributed by atoms with van der Waals surface area (Å²) in [5, 5.41) is 20.8. The Hall–Kier alpha value is -2.89. The zero-order valence-corrected chi connectivity index (χ0v) is 11.1. The molecular weight excluding hydrogens is 268 g/mol. The third-order valence-electron chi connectivity index (χ3n) is 3.79. The molecule has 0 saturated carbocycles. The van der Waals surface area contributed by atoms with Crippen LogP contribution in [-0.2, 0) is 12.8 Å². The first-order chi connectivity index (χ1) is 10.3. The maximum atomic E-state index is 11.5. The molecule has 1 aliphatic carbocycles. The molecule has 104 valence electrons. The predicted molar refractivity (Wildman–Crippen MR) is 75.5 cm³/mol. The SMILES string of the molecule is O=C(O)c1nn(-c2ccccc2)c2c1CCc1[nH]ncc1-2. The molecule has 2 heterocycles. The Morgan fingerprint density at radius 1 is 1.24 bits per heavy atom. The van der Waals surface area contributed by atoms with Crippen LogP contribution >= 0.6 is 0 Å². The number of aromatic nitrogens is 4. The summed E-state index contributed by atoms with van der Waals surface area (Å²) in [6.07, 6.45) is 3.14. The lowest BCUT2D eigenvalue weighted by molar-refractivity contribution is 0.0689. The lowest BCUT2D eigenvalue weighted by Gasteiger charge is -2.14. The van der Waals surface area contributed by atoms with Gasteiger partial charge in [0, 0.05) is 16.8 Å². The summed E-state index contributed by atoms with van der Waals surface area (Å²) >= 11 is 0. The largest absolute Gasteiger partial charge is 0.476 e. The van der Waals surface area contributed by atoms with Crippen LogP contribution in [0.1, 0.15) is 21.7 Å². The Kier molecular flexibility index (Phi) is 2.44. The molecule has 0 bridgehead atoms. The molecule has 21 heavy (non-hydrogen) atoms. The number of benzene rings is 1. The molecule has 2 N–H and O–H groups in total. The first kappa shape index (κ1) is 11.9. The van der Waals surface area contributed by atoms with Crippen molar-refractivity contribution in [2.75, 3.05) is 0 Å². The van der Waals surface area contributed by atoms with Crippen molar-refractivity contribution in [2.45, 2.75) is 12.8 Å². The van der Waals surface area contributed by atoms with Crippen molar-refractivity contribution in [3.63, 3.8) is 0 Å². The molecule has 0 radical (unpaired) electrons. The van der Waals surface area contributed by atoms with Crippen molar-refractivity contribution < 1.29 is 9.90 Å². The van der Waals surface area contributed by atoms with E-state index < -0.39 is 5.97 Å². The van der Waals surface area contributed by atoms with Gasteiger partial charge in [-0.05, 0) is 25.0 Å². The summed E-state index contributed by atoms with van der Waals surface area (Å²) in [6, 6.07) is 9.55. The van der Waals surface area contributed by atoms with Crippen LogP contribution in [0.5, 0.6) is 0 Å². The average molecular weight is 280 g/mol. The van der Waals surface area contributed by atoms with E-state index >= 15 is 0 Å². The second-order valence-electron chi connectivity index (χ2n) is 4.99. The fourth-order valence-corrected chi connectivity index (χ4v) is 2.85. The van der Waals surface area contributed by atoms with Crippen LogP contribution in [0.25, 0.3) is 16.9 Å². The van der Waals surface area contributed by atoms with Crippen molar-refractivity contribution in [3.8, 4) is 16.9 Å². The monoisotopic (exact) mass is 280 g/mol. The number of para-hydroxylation sites is 1. The highest BCUT2D eigenvalue weighted by molar-refractivity contribution is 5.90. The molecule has 0 amide bonds. The van der Waals surface area contributed by atoms with Gasteiger partial charge >= 0.3 is 5.97 Å². The van der Waals surface area contributed by atoms with Crippen molar-refractivity contribution in [1.29, 1.82) is 0 Å². The number of carboxylic acid groups (broad SMARTS) is 1. The van der Waals surface area contributed by atoms with E-state index in [1.165, 1.54) is 0 Å². The summed E-state index contributed by atoms with van der Waals surface area (Å²) in [5.41, 5.74) is 4.53. The lowest BCUT2D eigenvalue weighted by Crippen LogP contribution is -2.07. The van der Waals surface area contributed by atoms with Gasteiger partial charge in [-0.2, -0.15) is 10.2 Å². The van der Waals surface area contributed by atoms with Gasteiger partial charge in [-0.15, -0.1) is 0 Å². The van der Waals surface area contributed by atoms with Crippen LogP contribution in [0.3, 0.4) is 0 Å². The third kappa shape index (κ3) is 1.69. The summed E-state index contributed by atoms with van der Waals surface area (Å²) in [5.74, 6) is -0.993. The van der Waals surface area contributed by atoms with Gasteiger partial charge in [0.05, 0.1) is 17.6 Å². The van der Waals surface area contributed by atoms with Crippen molar-refractivity contribution >= 4 is 5.97 Å². The van der Waals surface area contributed by atoms with E-state index in [2.05, 4.69) is 15.3 Å². The highest BCUT2D eigenvalue weighted by Gasteiger charge is 2.29. The smallest absolute Gasteiger partial charge is 0.356 e. The number of aryl methyl sites for hydroxylation is 1. The second kappa shape index (κ2) is 4.31. The van der Waals surface area contributed by atoms with Gasteiger partial charge in [0.15, 0.2) is 5.69 Å². The number of nitrogens with one attached hydrogen (secondary N) is 1. The predicted octanol–water partition coefficient (Wildman–Crippen LogP) is 2.06. The number of nitrogens with zero attached hydrogens (tertiary/aromatic N) is 3. The Bertz CT molecular complexity index is 833. The number of hydrogen-bond acceptors (Lipinski definition) is 3. The molecule has 0 unspecified atom stereocenters. The van der Waals surface area contributed by atoms with Crippen molar-refractivity contribution in [2.24, 2.45) is 0 Å². The zero-order valence-electron chi connectivity index (χ0n) is 11.1. The lowest BCUT2D eigenvalue weighted by atomic mass is 9.94. The van der Waals surface area contributed by atoms with Gasteiger partial charge < -0.3 is 5.11 Å². The van der Waals surface area contributed by atoms with Crippen LogP contribution in [0.2, 0.25) is 0 Å². The minimum absolute atomic E-state index is 0.126. The molecule has 2 aromatic heterocycles. The van der Waals surface area contributed by atoms with Gasteiger partial charge in [0.2, 0.25) is 0 Å². The van der Waals surface area contributed by atoms with Gasteiger partial charge in [0.1, 0.15) is 0 Å². The number of aromatic carboxylic acids is 1. The third-order valence-corrected chi connectivity index (χ3v) is 3.79. The minimum atomic E-state index is -0.993. The minimum Gasteiger partial charge on any atom is -0.476 e. The molecule has 0 fully saturated rings. The second-order valence-corrected chi connectivity index (χ2v) is 4.99.